The van der Waals surface area contributed by atoms with Crippen LogP contribution in [-0.4, -0.2) is 5.78 Å². The largest absolute Gasteiger partial charge is 0.466 e. The molecule has 0 bridgehead atoms. The van der Waals surface area contributed by atoms with Crippen molar-refractivity contribution in [3.63, 3.8) is 0 Å². The summed E-state index contributed by atoms with van der Waals surface area (Å²) in [6.07, 6.45) is 3.21. The zero-order chi connectivity index (χ0) is 16.4. The lowest BCUT2D eigenvalue weighted by Crippen LogP contribution is -2.27. The van der Waals surface area contributed by atoms with Crippen LogP contribution in [0, 0.1) is 11.3 Å². The number of nitriles is 1. The number of carbonyl (C=O) groups is 1. The van der Waals surface area contributed by atoms with E-state index in [1.165, 1.54) is 6.26 Å². The Morgan fingerprint density at radius 2 is 2.09 bits per heavy atom. The quantitative estimate of drug-likeness (QED) is 0.867. The van der Waals surface area contributed by atoms with Crippen molar-refractivity contribution in [2.75, 3.05) is 0 Å². The van der Waals surface area contributed by atoms with Crippen molar-refractivity contribution < 1.29 is 14.3 Å². The number of nitrogens with zero attached hydrogens (tertiary/aromatic N) is 1. The van der Waals surface area contributed by atoms with Gasteiger partial charge in [0, 0.05) is 18.4 Å². The Morgan fingerprint density at radius 1 is 1.35 bits per heavy atom. The molecule has 0 saturated heterocycles. The van der Waals surface area contributed by atoms with Crippen LogP contribution in [0.1, 0.15) is 30.7 Å². The SMILES string of the molecule is C=COc1ccc([C@@H]2C(C#N)=C(N)OC3=C2C(=O)CCC3)cc1. The molecule has 1 atom stereocenters. The Hall–Kier alpha value is -3.00. The zero-order valence-electron chi connectivity index (χ0n) is 12.5. The van der Waals surface area contributed by atoms with E-state index in [9.17, 15) is 10.1 Å². The maximum absolute atomic E-state index is 12.4. The smallest absolute Gasteiger partial charge is 0.205 e. The summed E-state index contributed by atoms with van der Waals surface area (Å²) in [5.41, 5.74) is 7.54. The zero-order valence-corrected chi connectivity index (χ0v) is 12.5. The maximum atomic E-state index is 12.4. The van der Waals surface area contributed by atoms with Gasteiger partial charge in [-0.15, -0.1) is 0 Å². The topological polar surface area (TPSA) is 85.3 Å². The number of rotatable bonds is 3. The Kier molecular flexibility index (Phi) is 3.90. The third-order valence-electron chi connectivity index (χ3n) is 4.04. The van der Waals surface area contributed by atoms with Gasteiger partial charge in [0.15, 0.2) is 5.78 Å². The van der Waals surface area contributed by atoms with Gasteiger partial charge in [0.05, 0.1) is 12.2 Å². The molecule has 2 N–H and O–H groups in total. The number of hydrogen-bond acceptors (Lipinski definition) is 5. The van der Waals surface area contributed by atoms with E-state index in [2.05, 4.69) is 12.6 Å². The van der Waals surface area contributed by atoms with E-state index in [0.29, 0.717) is 29.9 Å². The first-order chi connectivity index (χ1) is 11.2. The third-order valence-corrected chi connectivity index (χ3v) is 4.04. The minimum absolute atomic E-state index is 0.0166. The molecule has 0 spiro atoms. The first-order valence-electron chi connectivity index (χ1n) is 7.37. The minimum atomic E-state index is -0.477. The lowest BCUT2D eigenvalue weighted by Gasteiger charge is -2.31. The first-order valence-corrected chi connectivity index (χ1v) is 7.37. The number of carbonyl (C=O) groups excluding carboxylic acids is 1. The number of Topliss-reactive ketones (excluding diaryl/α,β-unsaturated/α-hetero) is 1. The van der Waals surface area contributed by atoms with Gasteiger partial charge in [0.2, 0.25) is 5.88 Å². The number of benzene rings is 1. The van der Waals surface area contributed by atoms with Crippen LogP contribution in [0.4, 0.5) is 0 Å². The third kappa shape index (κ3) is 2.59. The van der Waals surface area contributed by atoms with Crippen molar-refractivity contribution in [1.29, 1.82) is 5.26 Å². The van der Waals surface area contributed by atoms with Crippen molar-refractivity contribution in [2.45, 2.75) is 25.2 Å². The highest BCUT2D eigenvalue weighted by atomic mass is 16.5. The standard InChI is InChI=1S/C18H16N2O3/c1-2-22-12-8-6-11(7-9-12)16-13(10-19)18(20)23-15-5-3-4-14(21)17(15)16/h2,6-9,16H,1,3-5,20H2/t16-/m1/s1. The summed E-state index contributed by atoms with van der Waals surface area (Å²) in [6, 6.07) is 9.28. The molecule has 0 radical (unpaired) electrons. The highest BCUT2D eigenvalue weighted by molar-refractivity contribution is 5.99. The van der Waals surface area contributed by atoms with Gasteiger partial charge in [0.25, 0.3) is 0 Å². The Balaban J connectivity index is 2.09. The molecule has 1 aromatic carbocycles. The molecule has 3 rings (SSSR count). The molecule has 1 aliphatic heterocycles. The van der Waals surface area contributed by atoms with Gasteiger partial charge in [-0.05, 0) is 24.1 Å². The van der Waals surface area contributed by atoms with E-state index >= 15 is 0 Å². The molecule has 5 nitrogen and oxygen atoms in total. The highest BCUT2D eigenvalue weighted by Gasteiger charge is 2.37. The lowest BCUT2D eigenvalue weighted by atomic mass is 9.77. The molecule has 0 amide bonds. The van der Waals surface area contributed by atoms with Crippen molar-refractivity contribution in [3.8, 4) is 11.8 Å². The van der Waals surface area contributed by atoms with Crippen LogP contribution < -0.4 is 10.5 Å². The summed E-state index contributed by atoms with van der Waals surface area (Å²) >= 11 is 0. The van der Waals surface area contributed by atoms with E-state index in [4.69, 9.17) is 15.2 Å². The van der Waals surface area contributed by atoms with Gasteiger partial charge < -0.3 is 15.2 Å². The van der Waals surface area contributed by atoms with Crippen LogP contribution in [0.25, 0.3) is 0 Å². The molecular weight excluding hydrogens is 292 g/mol. The molecule has 2 aliphatic rings. The van der Waals surface area contributed by atoms with E-state index in [1.807, 2.05) is 12.1 Å². The minimum Gasteiger partial charge on any atom is -0.466 e. The summed E-state index contributed by atoms with van der Waals surface area (Å²) in [5.74, 6) is 0.847. The van der Waals surface area contributed by atoms with Crippen LogP contribution in [0.15, 0.2) is 59.9 Å². The van der Waals surface area contributed by atoms with Gasteiger partial charge >= 0.3 is 0 Å². The van der Waals surface area contributed by atoms with Gasteiger partial charge in [-0.25, -0.2) is 0 Å². The Morgan fingerprint density at radius 3 is 2.74 bits per heavy atom. The lowest BCUT2D eigenvalue weighted by molar-refractivity contribution is -0.116. The van der Waals surface area contributed by atoms with Crippen molar-refractivity contribution >= 4 is 5.78 Å². The number of hydrogen-bond donors (Lipinski definition) is 1. The van der Waals surface area contributed by atoms with E-state index in [0.717, 1.165) is 12.0 Å². The maximum Gasteiger partial charge on any atom is 0.205 e. The Bertz CT molecular complexity index is 766. The molecule has 1 heterocycles. The van der Waals surface area contributed by atoms with Gasteiger partial charge in [-0.1, -0.05) is 18.7 Å². The molecule has 23 heavy (non-hydrogen) atoms. The fourth-order valence-corrected chi connectivity index (χ4v) is 3.02. The fraction of sp³-hybridized carbons (Fsp3) is 0.222. The second kappa shape index (κ2) is 6.01. The van der Waals surface area contributed by atoms with Crippen LogP contribution in [-0.2, 0) is 9.53 Å². The summed E-state index contributed by atoms with van der Waals surface area (Å²) in [4.78, 5) is 12.4. The van der Waals surface area contributed by atoms with Crippen molar-refractivity contribution in [2.24, 2.45) is 5.73 Å². The molecule has 0 saturated carbocycles. The normalized spacial score (nSPS) is 20.5. The molecular formula is C18H16N2O3. The monoisotopic (exact) mass is 308 g/mol. The van der Waals surface area contributed by atoms with Gasteiger partial charge in [0.1, 0.15) is 23.2 Å². The second-order valence-corrected chi connectivity index (χ2v) is 5.39. The van der Waals surface area contributed by atoms with Crippen LogP contribution in [0.5, 0.6) is 5.75 Å². The summed E-state index contributed by atoms with van der Waals surface area (Å²) in [6.45, 7) is 3.51. The van der Waals surface area contributed by atoms with Crippen molar-refractivity contribution in [3.05, 3.63) is 65.5 Å². The molecule has 5 heteroatoms. The van der Waals surface area contributed by atoms with Crippen molar-refractivity contribution in [1.82, 2.24) is 0 Å². The van der Waals surface area contributed by atoms with Gasteiger partial charge in [-0.2, -0.15) is 5.26 Å². The second-order valence-electron chi connectivity index (χ2n) is 5.39. The molecule has 1 aromatic rings. The Labute approximate surface area is 134 Å². The predicted molar refractivity (Wildman–Crippen MR) is 83.8 cm³/mol. The molecule has 116 valence electrons. The van der Waals surface area contributed by atoms with Crippen LogP contribution >= 0.6 is 0 Å². The average Bonchev–Trinajstić information content (AvgIpc) is 2.55. The van der Waals surface area contributed by atoms with E-state index in [1.54, 1.807) is 12.1 Å². The predicted octanol–water partition coefficient (Wildman–Crippen LogP) is 3.02. The summed E-state index contributed by atoms with van der Waals surface area (Å²) in [7, 11) is 0. The number of ketones is 1. The number of allylic oxidation sites excluding steroid dienone is 3. The number of nitrogens with two attached hydrogens (primary N) is 1. The average molecular weight is 308 g/mol. The summed E-state index contributed by atoms with van der Waals surface area (Å²) < 4.78 is 10.7. The van der Waals surface area contributed by atoms with E-state index in [-0.39, 0.29) is 17.2 Å². The molecule has 1 aliphatic carbocycles. The first kappa shape index (κ1) is 14.9. The summed E-state index contributed by atoms with van der Waals surface area (Å²) in [5, 5.41) is 9.47. The molecule has 0 aromatic heterocycles. The van der Waals surface area contributed by atoms with Crippen LogP contribution in [0.2, 0.25) is 0 Å². The van der Waals surface area contributed by atoms with Gasteiger partial charge in [-0.3, -0.25) is 4.79 Å². The number of ether oxygens (including phenoxy) is 2. The fourth-order valence-electron chi connectivity index (χ4n) is 3.02. The van der Waals surface area contributed by atoms with E-state index < -0.39 is 5.92 Å². The highest BCUT2D eigenvalue weighted by Crippen LogP contribution is 2.43. The molecule has 0 fully saturated rings. The van der Waals surface area contributed by atoms with Crippen LogP contribution in [0.3, 0.4) is 0 Å². The molecule has 0 unspecified atom stereocenters.